The molecule has 0 fully saturated rings. The zero-order valence-electron chi connectivity index (χ0n) is 26.1. The minimum Gasteiger partial charge on any atom is -0.869 e. The van der Waals surface area contributed by atoms with E-state index >= 15 is 0 Å². The van der Waals surface area contributed by atoms with E-state index in [0.29, 0.717) is 24.3 Å². The predicted octanol–water partition coefficient (Wildman–Crippen LogP) is 5.38. The molecule has 0 bridgehead atoms. The van der Waals surface area contributed by atoms with E-state index in [4.69, 9.17) is 0 Å². The largest absolute Gasteiger partial charge is 2.00 e. The maximum atomic E-state index is 11.7. The molecule has 0 unspecified atom stereocenters. The van der Waals surface area contributed by atoms with Crippen molar-refractivity contribution in [1.29, 1.82) is 0 Å². The summed E-state index contributed by atoms with van der Waals surface area (Å²) in [5.41, 5.74) is 0.0179. The second kappa shape index (κ2) is 23.8. The minimum atomic E-state index is -4.82. The first-order valence-electron chi connectivity index (χ1n) is 13.5. The van der Waals surface area contributed by atoms with Crippen LogP contribution in [-0.4, -0.2) is 44.6 Å². The molecule has 54 heavy (non-hydrogen) atoms. The second-order valence-electron chi connectivity index (χ2n) is 9.04. The summed E-state index contributed by atoms with van der Waals surface area (Å²) in [7, 11) is 0. The molecule has 0 aromatic carbocycles. The molecule has 0 aliphatic carbocycles. The molecule has 0 N–H and O–H groups in total. The summed E-state index contributed by atoms with van der Waals surface area (Å²) < 4.78 is 141. The van der Waals surface area contributed by atoms with E-state index in [0.717, 1.165) is 0 Å². The third-order valence-corrected chi connectivity index (χ3v) is 4.98. The van der Waals surface area contributed by atoms with Gasteiger partial charge < -0.3 is 20.4 Å². The van der Waals surface area contributed by atoms with E-state index in [1.807, 2.05) is 0 Å². The summed E-state index contributed by atoms with van der Waals surface area (Å²) in [5, 5.41) is 41.7. The van der Waals surface area contributed by atoms with Gasteiger partial charge in [0.2, 0.25) is 0 Å². The quantitative estimate of drug-likeness (QED) is 0.151. The Balaban J connectivity index is 0. The summed E-state index contributed by atoms with van der Waals surface area (Å²) in [6, 6.07) is 17.5. The molecule has 0 radical (unpaired) electrons. The van der Waals surface area contributed by atoms with E-state index in [9.17, 15) is 73.1 Å². The Morgan fingerprint density at radius 3 is 0.630 bits per heavy atom. The smallest absolute Gasteiger partial charge is 0.869 e. The van der Waals surface area contributed by atoms with Crippen molar-refractivity contribution in [2.75, 3.05) is 0 Å². The fourth-order valence-corrected chi connectivity index (χ4v) is 2.71. The molecule has 0 aliphatic rings. The zero-order chi connectivity index (χ0) is 39.6. The molecule has 8 nitrogen and oxygen atoms in total. The Hall–Kier alpha value is -4.76. The normalized spacial score (nSPS) is 12.5. The summed E-state index contributed by atoms with van der Waals surface area (Å²) in [6.45, 7) is 0. The van der Waals surface area contributed by atoms with Gasteiger partial charge in [-0.3, -0.25) is 19.9 Å². The van der Waals surface area contributed by atoms with Crippen LogP contribution in [0.3, 0.4) is 0 Å². The number of hydrogen-bond donors (Lipinski definition) is 0. The van der Waals surface area contributed by atoms with Gasteiger partial charge in [-0.05, 0) is 95.9 Å². The standard InChI is InChI=1S/4C8H6F3NO.2Pd/c4*9-8(10,11)7(13)5-6-3-1-2-4-12-6;;/h4*1-5,13H;;/q;;;;2*+2/p-4/b4*7-5-;;. The van der Waals surface area contributed by atoms with Gasteiger partial charge in [-0.25, -0.2) is 0 Å². The fourth-order valence-electron chi connectivity index (χ4n) is 2.71. The maximum absolute atomic E-state index is 11.7. The van der Waals surface area contributed by atoms with E-state index in [1.54, 1.807) is 24.3 Å². The Morgan fingerprint density at radius 2 is 0.519 bits per heavy atom. The van der Waals surface area contributed by atoms with Gasteiger partial charge in [0.15, 0.2) is 0 Å². The van der Waals surface area contributed by atoms with Gasteiger partial charge in [0.1, 0.15) is 0 Å². The molecule has 0 amide bonds. The number of alkyl halides is 12. The molecule has 4 aromatic rings. The first-order valence-corrected chi connectivity index (χ1v) is 13.5. The molecule has 0 spiro atoms. The second-order valence-corrected chi connectivity index (χ2v) is 9.04. The van der Waals surface area contributed by atoms with Crippen LogP contribution in [0.25, 0.3) is 24.3 Å². The number of allylic oxidation sites excluding steroid dienone is 4. The Bertz CT molecular complexity index is 1490. The predicted molar refractivity (Wildman–Crippen MR) is 153 cm³/mol. The van der Waals surface area contributed by atoms with E-state index < -0.39 is 47.7 Å². The number of nitrogens with zero attached hydrogens (tertiary/aromatic N) is 4. The van der Waals surface area contributed by atoms with Crippen molar-refractivity contribution in [2.45, 2.75) is 24.7 Å². The monoisotopic (exact) mass is 964 g/mol. The summed E-state index contributed by atoms with van der Waals surface area (Å²) in [6.07, 6.45) is -12.2. The van der Waals surface area contributed by atoms with Crippen LogP contribution < -0.4 is 20.4 Å². The first kappa shape index (κ1) is 51.4. The molecule has 0 atom stereocenters. The van der Waals surface area contributed by atoms with Crippen molar-refractivity contribution in [3.05, 3.63) is 143 Å². The topological polar surface area (TPSA) is 144 Å². The third-order valence-electron chi connectivity index (χ3n) is 4.98. The van der Waals surface area contributed by atoms with Crippen molar-refractivity contribution in [3.8, 4) is 0 Å². The van der Waals surface area contributed by atoms with Gasteiger partial charge >= 0.3 is 65.6 Å². The van der Waals surface area contributed by atoms with E-state index in [2.05, 4.69) is 19.9 Å². The van der Waals surface area contributed by atoms with Crippen LogP contribution >= 0.6 is 0 Å². The molecule has 0 saturated carbocycles. The van der Waals surface area contributed by atoms with Crippen molar-refractivity contribution >= 4 is 24.3 Å². The molecule has 4 heterocycles. The van der Waals surface area contributed by atoms with Gasteiger partial charge in [0.05, 0.1) is 22.8 Å². The van der Waals surface area contributed by atoms with Crippen molar-refractivity contribution in [2.24, 2.45) is 0 Å². The average Bonchev–Trinajstić information content (AvgIpc) is 3.06. The number of hydrogen-bond acceptors (Lipinski definition) is 8. The van der Waals surface area contributed by atoms with Crippen LogP contribution in [0.2, 0.25) is 0 Å². The summed E-state index contributed by atoms with van der Waals surface area (Å²) in [4.78, 5) is 14.2. The molecule has 4 aromatic heterocycles. The number of pyridine rings is 4. The van der Waals surface area contributed by atoms with Crippen molar-refractivity contribution < 1.29 is 114 Å². The summed E-state index contributed by atoms with van der Waals surface area (Å²) in [5.74, 6) is -7.59. The number of halogens is 12. The molecule has 22 heteroatoms. The molecular formula is C32H20F12N4O4Pd2. The van der Waals surface area contributed by atoms with Crippen LogP contribution in [0.15, 0.2) is 121 Å². The number of aromatic nitrogens is 4. The summed E-state index contributed by atoms with van der Waals surface area (Å²) >= 11 is 0. The maximum Gasteiger partial charge on any atom is 2.00 e. The SMILES string of the molecule is [O-]/C(=C\c1ccccn1)C(F)(F)F.[O-]/C(=C\c1ccccn1)C(F)(F)F.[O-]/C(=C\c1ccccn1)C(F)(F)F.[O-]/C(=C\c1ccccn1)C(F)(F)F.[Pd+2].[Pd+2]. The van der Waals surface area contributed by atoms with Gasteiger partial charge in [-0.2, -0.15) is 52.7 Å². The van der Waals surface area contributed by atoms with Gasteiger partial charge in [0.25, 0.3) is 0 Å². The molecule has 0 aliphatic heterocycles. The van der Waals surface area contributed by atoms with Crippen LogP contribution in [-0.2, 0) is 40.8 Å². The van der Waals surface area contributed by atoms with Crippen LogP contribution in [0.4, 0.5) is 52.7 Å². The molecule has 4 rings (SSSR count). The van der Waals surface area contributed by atoms with Crippen molar-refractivity contribution in [3.63, 3.8) is 0 Å². The molecular weight excluding hydrogens is 945 g/mol. The Labute approximate surface area is 325 Å². The van der Waals surface area contributed by atoms with E-state index in [1.165, 1.54) is 73.3 Å². The Kier molecular flexibility index (Phi) is 22.6. The van der Waals surface area contributed by atoms with Crippen LogP contribution in [0, 0.1) is 0 Å². The third kappa shape index (κ3) is 22.3. The molecule has 0 saturated heterocycles. The first-order chi connectivity index (χ1) is 24.0. The molecule has 296 valence electrons. The van der Waals surface area contributed by atoms with Crippen LogP contribution in [0.1, 0.15) is 22.8 Å². The van der Waals surface area contributed by atoms with Gasteiger partial charge in [-0.15, -0.1) is 0 Å². The Morgan fingerprint density at radius 1 is 0.352 bits per heavy atom. The minimum absolute atomic E-state index is 0. The zero-order valence-corrected chi connectivity index (χ0v) is 29.2. The van der Waals surface area contributed by atoms with Gasteiger partial charge in [0, 0.05) is 24.8 Å². The average molecular weight is 965 g/mol. The number of rotatable bonds is 4. The van der Waals surface area contributed by atoms with Crippen LogP contribution in [0.5, 0.6) is 0 Å². The van der Waals surface area contributed by atoms with E-state index in [-0.39, 0.29) is 63.6 Å². The van der Waals surface area contributed by atoms with Crippen molar-refractivity contribution in [1.82, 2.24) is 19.9 Å². The fraction of sp³-hybridized carbons (Fsp3) is 0.125. The van der Waals surface area contributed by atoms with Gasteiger partial charge in [-0.1, -0.05) is 24.3 Å².